The highest BCUT2D eigenvalue weighted by atomic mass is 32.2. The fourth-order valence-electron chi connectivity index (χ4n) is 6.82. The van der Waals surface area contributed by atoms with E-state index in [1.807, 2.05) is 0 Å². The van der Waals surface area contributed by atoms with Crippen molar-refractivity contribution >= 4 is 10.1 Å². The molecule has 0 radical (unpaired) electrons. The van der Waals surface area contributed by atoms with Crippen LogP contribution in [-0.2, 0) is 10.1 Å². The standard InChI is InChI=1S/C19H30.CHF3O3S/c1-18-11-5-7-16(18)15-9-8-14-6-3-4-12-19(14,2)17(15)10-13-18;2-1(3,4)8(5,6)7/h3,6,14-17H,4-5,7-13H2,1-2H3;(H,5,6,7)/t14-,15+,16+,17+,18+,19+;/m1./s1. The van der Waals surface area contributed by atoms with Gasteiger partial charge in [-0.05, 0) is 85.9 Å². The zero-order chi connectivity index (χ0) is 20.1. The minimum atomic E-state index is -5.84. The lowest BCUT2D eigenvalue weighted by molar-refractivity contribution is -0.0809. The highest BCUT2D eigenvalue weighted by Gasteiger charge is 2.56. The molecular formula is C20H31F3O3S. The molecule has 0 heterocycles. The minimum Gasteiger partial charge on any atom is -0.279 e. The van der Waals surface area contributed by atoms with E-state index in [1.165, 1.54) is 44.9 Å². The molecule has 0 aliphatic heterocycles. The van der Waals surface area contributed by atoms with E-state index in [0.29, 0.717) is 5.41 Å². The van der Waals surface area contributed by atoms with E-state index in [0.717, 1.165) is 29.1 Å². The largest absolute Gasteiger partial charge is 0.522 e. The van der Waals surface area contributed by atoms with E-state index in [1.54, 1.807) is 12.8 Å². The molecule has 0 bridgehead atoms. The number of hydrogen-bond donors (Lipinski definition) is 1. The first-order chi connectivity index (χ1) is 12.4. The molecule has 0 amide bonds. The lowest BCUT2D eigenvalue weighted by Gasteiger charge is -2.59. The normalized spacial score (nSPS) is 43.8. The van der Waals surface area contributed by atoms with Crippen LogP contribution >= 0.6 is 0 Å². The monoisotopic (exact) mass is 408 g/mol. The molecule has 4 rings (SSSR count). The number of hydrogen-bond acceptors (Lipinski definition) is 2. The molecule has 27 heavy (non-hydrogen) atoms. The van der Waals surface area contributed by atoms with Gasteiger partial charge in [-0.2, -0.15) is 21.6 Å². The summed E-state index contributed by atoms with van der Waals surface area (Å²) in [6.07, 6.45) is 18.6. The molecule has 0 aromatic carbocycles. The predicted octanol–water partition coefficient (Wildman–Crippen LogP) is 5.98. The van der Waals surface area contributed by atoms with Gasteiger partial charge in [-0.1, -0.05) is 32.4 Å². The summed E-state index contributed by atoms with van der Waals surface area (Å²) in [5.41, 5.74) is -4.15. The van der Waals surface area contributed by atoms with E-state index >= 15 is 0 Å². The van der Waals surface area contributed by atoms with Crippen LogP contribution in [0.4, 0.5) is 13.2 Å². The summed E-state index contributed by atoms with van der Waals surface area (Å²) in [6, 6.07) is 0. The predicted molar refractivity (Wildman–Crippen MR) is 98.5 cm³/mol. The maximum absolute atomic E-state index is 10.7. The smallest absolute Gasteiger partial charge is 0.279 e. The second-order valence-electron chi connectivity index (χ2n) is 9.54. The Morgan fingerprint density at radius 1 is 1.00 bits per heavy atom. The Morgan fingerprint density at radius 3 is 2.30 bits per heavy atom. The summed E-state index contributed by atoms with van der Waals surface area (Å²) in [6.45, 7) is 5.27. The van der Waals surface area contributed by atoms with E-state index in [2.05, 4.69) is 26.0 Å². The van der Waals surface area contributed by atoms with E-state index in [-0.39, 0.29) is 0 Å². The fourth-order valence-corrected chi connectivity index (χ4v) is 6.82. The van der Waals surface area contributed by atoms with Crippen LogP contribution in [0.5, 0.6) is 0 Å². The topological polar surface area (TPSA) is 54.4 Å². The van der Waals surface area contributed by atoms with E-state index in [4.69, 9.17) is 13.0 Å². The van der Waals surface area contributed by atoms with E-state index in [9.17, 15) is 13.2 Å². The van der Waals surface area contributed by atoms with Crippen LogP contribution in [0.15, 0.2) is 12.2 Å². The van der Waals surface area contributed by atoms with Crippen LogP contribution in [0.3, 0.4) is 0 Å². The van der Waals surface area contributed by atoms with Gasteiger partial charge in [-0.15, -0.1) is 0 Å². The maximum atomic E-state index is 10.7. The third-order valence-corrected chi connectivity index (χ3v) is 8.82. The highest BCUT2D eigenvalue weighted by molar-refractivity contribution is 7.86. The van der Waals surface area contributed by atoms with Crippen molar-refractivity contribution in [1.29, 1.82) is 0 Å². The van der Waals surface area contributed by atoms with Crippen molar-refractivity contribution < 1.29 is 26.1 Å². The Morgan fingerprint density at radius 2 is 1.67 bits per heavy atom. The number of halogens is 3. The van der Waals surface area contributed by atoms with Gasteiger partial charge in [0.1, 0.15) is 0 Å². The van der Waals surface area contributed by atoms with Crippen molar-refractivity contribution in [2.45, 2.75) is 77.1 Å². The molecule has 4 aliphatic rings. The third-order valence-electron chi connectivity index (χ3n) is 8.23. The van der Waals surface area contributed by atoms with Crippen molar-refractivity contribution in [3.8, 4) is 0 Å². The summed E-state index contributed by atoms with van der Waals surface area (Å²) in [5, 5.41) is 0. The average molecular weight is 409 g/mol. The summed E-state index contributed by atoms with van der Waals surface area (Å²) >= 11 is 0. The van der Waals surface area contributed by atoms with Gasteiger partial charge in [0.2, 0.25) is 0 Å². The quantitative estimate of drug-likeness (QED) is 0.305. The van der Waals surface area contributed by atoms with Gasteiger partial charge >= 0.3 is 15.6 Å². The first-order valence-electron chi connectivity index (χ1n) is 10.1. The molecule has 4 aliphatic carbocycles. The fraction of sp³-hybridized carbons (Fsp3) is 0.900. The van der Waals surface area contributed by atoms with Gasteiger partial charge in [-0.25, -0.2) is 0 Å². The van der Waals surface area contributed by atoms with Crippen LogP contribution < -0.4 is 0 Å². The molecule has 6 atom stereocenters. The SMILES string of the molecule is C[C@@]12CCC[C@H]1[C@@H]1CC[C@H]3C=CCC[C@]3(C)[C@H]1CC2.O=S(=O)(O)C(F)(F)F. The zero-order valence-electron chi connectivity index (χ0n) is 16.1. The number of allylic oxidation sites excluding steroid dienone is 2. The average Bonchev–Trinajstić information content (AvgIpc) is 2.95. The van der Waals surface area contributed by atoms with Gasteiger partial charge in [0.25, 0.3) is 0 Å². The van der Waals surface area contributed by atoms with Gasteiger partial charge < -0.3 is 0 Å². The zero-order valence-corrected chi connectivity index (χ0v) is 17.0. The Balaban J connectivity index is 0.000000226. The third kappa shape index (κ3) is 3.83. The molecule has 0 aromatic heterocycles. The number of fused-ring (bicyclic) bond motifs is 5. The first-order valence-corrected chi connectivity index (χ1v) is 11.5. The summed E-state index contributed by atoms with van der Waals surface area (Å²) < 4.78 is 57.5. The summed E-state index contributed by atoms with van der Waals surface area (Å²) in [7, 11) is -5.84. The Hall–Kier alpha value is -0.560. The molecule has 3 nitrogen and oxygen atoms in total. The highest BCUT2D eigenvalue weighted by Crippen LogP contribution is 2.65. The van der Waals surface area contributed by atoms with Crippen molar-refractivity contribution in [1.82, 2.24) is 0 Å². The first kappa shape index (κ1) is 21.2. The molecule has 1 N–H and O–H groups in total. The van der Waals surface area contributed by atoms with Crippen LogP contribution in [0.2, 0.25) is 0 Å². The van der Waals surface area contributed by atoms with Crippen molar-refractivity contribution in [3.05, 3.63) is 12.2 Å². The summed E-state index contributed by atoms with van der Waals surface area (Å²) in [5.74, 6) is 4.12. The van der Waals surface area contributed by atoms with Crippen molar-refractivity contribution in [2.75, 3.05) is 0 Å². The van der Waals surface area contributed by atoms with Gasteiger partial charge in [0.15, 0.2) is 0 Å². The van der Waals surface area contributed by atoms with Gasteiger partial charge in [0, 0.05) is 0 Å². The molecule has 7 heteroatoms. The van der Waals surface area contributed by atoms with Crippen LogP contribution in [-0.4, -0.2) is 18.5 Å². The maximum Gasteiger partial charge on any atom is 0.522 e. The number of rotatable bonds is 0. The van der Waals surface area contributed by atoms with Crippen molar-refractivity contribution in [2.24, 2.45) is 34.5 Å². The van der Waals surface area contributed by atoms with Gasteiger partial charge in [0.05, 0.1) is 0 Å². The molecule has 0 unspecified atom stereocenters. The molecular weight excluding hydrogens is 377 g/mol. The van der Waals surface area contributed by atoms with Crippen LogP contribution in [0.1, 0.15) is 71.6 Å². The lowest BCUT2D eigenvalue weighted by atomic mass is 9.46. The molecule has 3 fully saturated rings. The minimum absolute atomic E-state index is 0.654. The molecule has 0 spiro atoms. The summed E-state index contributed by atoms with van der Waals surface area (Å²) in [4.78, 5) is 0. The molecule has 156 valence electrons. The van der Waals surface area contributed by atoms with Crippen LogP contribution in [0, 0.1) is 34.5 Å². The molecule has 0 saturated heterocycles. The molecule has 3 saturated carbocycles. The lowest BCUT2D eigenvalue weighted by Crippen LogP contribution is -2.51. The van der Waals surface area contributed by atoms with Gasteiger partial charge in [-0.3, -0.25) is 4.55 Å². The Kier molecular flexibility index (Phi) is 5.52. The number of alkyl halides is 3. The Labute approximate surface area is 160 Å². The molecule has 0 aromatic rings. The van der Waals surface area contributed by atoms with Crippen LogP contribution in [0.25, 0.3) is 0 Å². The second-order valence-corrected chi connectivity index (χ2v) is 11.0. The van der Waals surface area contributed by atoms with Crippen molar-refractivity contribution in [3.63, 3.8) is 0 Å². The Bertz CT molecular complexity index is 687. The second kappa shape index (κ2) is 7.05. The van der Waals surface area contributed by atoms with E-state index < -0.39 is 15.6 Å².